The van der Waals surface area contributed by atoms with E-state index in [1.54, 1.807) is 0 Å². The number of para-hydroxylation sites is 2. The molecule has 0 bridgehead atoms. The predicted octanol–water partition coefficient (Wildman–Crippen LogP) is 3.20. The second-order valence-corrected chi connectivity index (χ2v) is 6.55. The van der Waals surface area contributed by atoms with E-state index in [1.165, 1.54) is 5.56 Å². The molecule has 25 heavy (non-hydrogen) atoms. The predicted molar refractivity (Wildman–Crippen MR) is 97.9 cm³/mol. The molecule has 5 heteroatoms. The fourth-order valence-electron chi connectivity index (χ4n) is 2.62. The first-order chi connectivity index (χ1) is 12.2. The first-order valence-electron chi connectivity index (χ1n) is 8.62. The van der Waals surface area contributed by atoms with Crippen LogP contribution in [0.1, 0.15) is 18.4 Å². The van der Waals surface area contributed by atoms with Gasteiger partial charge in [0.2, 0.25) is 0 Å². The molecule has 0 spiro atoms. The van der Waals surface area contributed by atoms with Crippen molar-refractivity contribution in [3.63, 3.8) is 0 Å². The van der Waals surface area contributed by atoms with E-state index in [9.17, 15) is 9.90 Å². The van der Waals surface area contributed by atoms with Crippen LogP contribution in [0.15, 0.2) is 54.6 Å². The van der Waals surface area contributed by atoms with E-state index in [2.05, 4.69) is 22.8 Å². The Bertz CT molecular complexity index is 699. The van der Waals surface area contributed by atoms with Crippen LogP contribution >= 0.6 is 0 Å². The number of hydrogen-bond acceptors (Lipinski definition) is 3. The van der Waals surface area contributed by atoms with E-state index in [0.29, 0.717) is 24.6 Å². The van der Waals surface area contributed by atoms with Gasteiger partial charge in [0, 0.05) is 18.4 Å². The molecule has 0 atom stereocenters. The Morgan fingerprint density at radius 2 is 1.80 bits per heavy atom. The molecule has 0 heterocycles. The molecule has 0 unspecified atom stereocenters. The van der Waals surface area contributed by atoms with Gasteiger partial charge in [-0.15, -0.1) is 0 Å². The second kappa shape index (κ2) is 8.03. The summed E-state index contributed by atoms with van der Waals surface area (Å²) in [4.78, 5) is 12.1. The molecule has 1 fully saturated rings. The summed E-state index contributed by atoms with van der Waals surface area (Å²) >= 11 is 0. The lowest BCUT2D eigenvalue weighted by molar-refractivity contribution is 0.206. The topological polar surface area (TPSA) is 70.6 Å². The van der Waals surface area contributed by atoms with Crippen LogP contribution in [0, 0.1) is 5.41 Å². The van der Waals surface area contributed by atoms with Crippen LogP contribution in [0.4, 0.5) is 10.5 Å². The maximum absolute atomic E-state index is 12.1. The van der Waals surface area contributed by atoms with E-state index >= 15 is 0 Å². The lowest BCUT2D eigenvalue weighted by Crippen LogP contribution is -2.35. The molecular formula is C20H24N2O3. The molecular weight excluding hydrogens is 316 g/mol. The van der Waals surface area contributed by atoms with Crippen LogP contribution < -0.4 is 15.4 Å². The third-order valence-corrected chi connectivity index (χ3v) is 4.54. The maximum Gasteiger partial charge on any atom is 0.319 e. The minimum absolute atomic E-state index is 0.108. The summed E-state index contributed by atoms with van der Waals surface area (Å²) in [7, 11) is 0. The van der Waals surface area contributed by atoms with Crippen LogP contribution in [-0.4, -0.2) is 30.9 Å². The zero-order valence-corrected chi connectivity index (χ0v) is 14.2. The number of carbonyl (C=O) groups excluding carboxylic acids is 1. The lowest BCUT2D eigenvalue weighted by atomic mass is 10.1. The highest BCUT2D eigenvalue weighted by molar-refractivity contribution is 5.90. The Kier molecular flexibility index (Phi) is 5.56. The summed E-state index contributed by atoms with van der Waals surface area (Å²) in [5.41, 5.74) is 1.74. The van der Waals surface area contributed by atoms with Crippen molar-refractivity contribution in [3.05, 3.63) is 60.2 Å². The van der Waals surface area contributed by atoms with Crippen molar-refractivity contribution in [1.29, 1.82) is 0 Å². The largest absolute Gasteiger partial charge is 0.491 e. The molecule has 0 aromatic heterocycles. The van der Waals surface area contributed by atoms with E-state index in [4.69, 9.17) is 4.74 Å². The Balaban J connectivity index is 1.50. The fraction of sp³-hybridized carbons (Fsp3) is 0.350. The highest BCUT2D eigenvalue weighted by Gasteiger charge is 2.42. The van der Waals surface area contributed by atoms with Gasteiger partial charge in [-0.05, 0) is 30.5 Å². The molecule has 0 radical (unpaired) electrons. The van der Waals surface area contributed by atoms with Crippen molar-refractivity contribution in [2.45, 2.75) is 19.3 Å². The van der Waals surface area contributed by atoms with Crippen LogP contribution in [0.5, 0.6) is 5.75 Å². The number of rotatable bonds is 8. The monoisotopic (exact) mass is 340 g/mol. The van der Waals surface area contributed by atoms with Crippen molar-refractivity contribution in [1.82, 2.24) is 5.32 Å². The number of ether oxygens (including phenoxy) is 1. The zero-order valence-electron chi connectivity index (χ0n) is 14.2. The van der Waals surface area contributed by atoms with Crippen molar-refractivity contribution in [2.75, 3.05) is 25.1 Å². The summed E-state index contributed by atoms with van der Waals surface area (Å²) < 4.78 is 5.84. The molecule has 1 aliphatic rings. The van der Waals surface area contributed by atoms with Crippen LogP contribution in [0.2, 0.25) is 0 Å². The van der Waals surface area contributed by atoms with Gasteiger partial charge < -0.3 is 20.5 Å². The van der Waals surface area contributed by atoms with Gasteiger partial charge in [-0.3, -0.25) is 0 Å². The van der Waals surface area contributed by atoms with Gasteiger partial charge in [0.25, 0.3) is 0 Å². The molecule has 1 saturated carbocycles. The van der Waals surface area contributed by atoms with Crippen molar-refractivity contribution in [2.24, 2.45) is 5.41 Å². The van der Waals surface area contributed by atoms with Gasteiger partial charge in [0.05, 0.1) is 18.9 Å². The molecule has 3 N–H and O–H groups in total. The van der Waals surface area contributed by atoms with Gasteiger partial charge in [-0.1, -0.05) is 42.5 Å². The minimum Gasteiger partial charge on any atom is -0.491 e. The average Bonchev–Trinajstić information content (AvgIpc) is 3.43. The normalized spacial score (nSPS) is 14.6. The summed E-state index contributed by atoms with van der Waals surface area (Å²) in [5.74, 6) is 0.650. The van der Waals surface area contributed by atoms with Gasteiger partial charge in [0.15, 0.2) is 0 Å². The molecule has 132 valence electrons. The SMILES string of the molecule is O=C(NCC1(CO)CC1)Nc1ccccc1OCCc1ccccc1. The Morgan fingerprint density at radius 1 is 1.08 bits per heavy atom. The smallest absolute Gasteiger partial charge is 0.319 e. The van der Waals surface area contributed by atoms with Gasteiger partial charge >= 0.3 is 6.03 Å². The van der Waals surface area contributed by atoms with Gasteiger partial charge in [-0.2, -0.15) is 0 Å². The number of anilines is 1. The number of amides is 2. The van der Waals surface area contributed by atoms with Crippen LogP contribution in [0.3, 0.4) is 0 Å². The first kappa shape index (κ1) is 17.3. The van der Waals surface area contributed by atoms with Crippen molar-refractivity contribution >= 4 is 11.7 Å². The number of hydrogen-bond donors (Lipinski definition) is 3. The number of carbonyl (C=O) groups is 1. The summed E-state index contributed by atoms with van der Waals surface area (Å²) in [6.07, 6.45) is 2.73. The van der Waals surface area contributed by atoms with Crippen molar-refractivity contribution in [3.8, 4) is 5.75 Å². The summed E-state index contributed by atoms with van der Waals surface area (Å²) in [5, 5.41) is 15.0. The Morgan fingerprint density at radius 3 is 2.52 bits per heavy atom. The molecule has 0 saturated heterocycles. The van der Waals surface area contributed by atoms with E-state index in [1.807, 2.05) is 42.5 Å². The molecule has 2 amide bonds. The third-order valence-electron chi connectivity index (χ3n) is 4.54. The standard InChI is InChI=1S/C20H24N2O3/c23-15-20(11-12-20)14-21-19(24)22-17-8-4-5-9-18(17)25-13-10-16-6-2-1-3-7-16/h1-9,23H,10-15H2,(H2,21,22,24). The van der Waals surface area contributed by atoms with E-state index in [-0.39, 0.29) is 18.1 Å². The van der Waals surface area contributed by atoms with Gasteiger partial charge in [0.1, 0.15) is 5.75 Å². The Labute approximate surface area is 148 Å². The second-order valence-electron chi connectivity index (χ2n) is 6.55. The highest BCUT2D eigenvalue weighted by Crippen LogP contribution is 2.44. The molecule has 5 nitrogen and oxygen atoms in total. The number of urea groups is 1. The summed E-state index contributed by atoms with van der Waals surface area (Å²) in [6.45, 7) is 1.15. The maximum atomic E-state index is 12.1. The number of aliphatic hydroxyl groups excluding tert-OH is 1. The number of aliphatic hydroxyl groups is 1. The Hall–Kier alpha value is -2.53. The first-order valence-corrected chi connectivity index (χ1v) is 8.62. The number of nitrogens with one attached hydrogen (secondary N) is 2. The molecule has 0 aliphatic heterocycles. The molecule has 2 aromatic carbocycles. The average molecular weight is 340 g/mol. The lowest BCUT2D eigenvalue weighted by Gasteiger charge is -2.15. The third kappa shape index (κ3) is 4.97. The van der Waals surface area contributed by atoms with Crippen molar-refractivity contribution < 1.29 is 14.6 Å². The van der Waals surface area contributed by atoms with E-state index < -0.39 is 0 Å². The zero-order chi connectivity index (χ0) is 17.5. The number of benzene rings is 2. The molecule has 2 aromatic rings. The minimum atomic E-state index is -0.279. The van der Waals surface area contributed by atoms with Gasteiger partial charge in [-0.25, -0.2) is 4.79 Å². The molecule has 1 aliphatic carbocycles. The quantitative estimate of drug-likeness (QED) is 0.691. The van der Waals surface area contributed by atoms with Crippen LogP contribution in [-0.2, 0) is 6.42 Å². The van der Waals surface area contributed by atoms with Crippen LogP contribution in [0.25, 0.3) is 0 Å². The van der Waals surface area contributed by atoms with E-state index in [0.717, 1.165) is 19.3 Å². The molecule has 3 rings (SSSR count). The summed E-state index contributed by atoms with van der Waals surface area (Å²) in [6, 6.07) is 17.3. The highest BCUT2D eigenvalue weighted by atomic mass is 16.5. The fourth-order valence-corrected chi connectivity index (χ4v) is 2.62.